The summed E-state index contributed by atoms with van der Waals surface area (Å²) >= 11 is 0. The lowest BCUT2D eigenvalue weighted by molar-refractivity contribution is -0.151. The normalized spacial score (nSPS) is 26.8. The molecule has 5 nitrogen and oxygen atoms in total. The Bertz CT molecular complexity index is 381. The van der Waals surface area contributed by atoms with Crippen LogP contribution in [0.3, 0.4) is 0 Å². The summed E-state index contributed by atoms with van der Waals surface area (Å²) in [7, 11) is 2.08. The minimum Gasteiger partial charge on any atom is -0.342 e. The van der Waals surface area contributed by atoms with Crippen LogP contribution >= 0.6 is 0 Å². The second kappa shape index (κ2) is 5.59. The third-order valence-corrected chi connectivity index (χ3v) is 5.43. The van der Waals surface area contributed by atoms with Crippen molar-refractivity contribution in [2.24, 2.45) is 11.3 Å². The summed E-state index contributed by atoms with van der Waals surface area (Å²) in [5, 5.41) is 0. The largest absolute Gasteiger partial charge is 0.342 e. The summed E-state index contributed by atoms with van der Waals surface area (Å²) in [6, 6.07) is 0. The van der Waals surface area contributed by atoms with E-state index in [4.69, 9.17) is 0 Å². The van der Waals surface area contributed by atoms with E-state index in [1.807, 2.05) is 9.80 Å². The SMILES string of the molecule is CC1CCN(C(=O)C2(C(=O)N3CCN(C)CC3)CC2)CC1. The number of likely N-dealkylation sites (tertiary alicyclic amines) is 1. The van der Waals surface area contributed by atoms with Crippen molar-refractivity contribution in [3.63, 3.8) is 0 Å². The van der Waals surface area contributed by atoms with Crippen LogP contribution in [0.4, 0.5) is 0 Å². The molecule has 2 aliphatic heterocycles. The van der Waals surface area contributed by atoms with Gasteiger partial charge in [-0.25, -0.2) is 0 Å². The van der Waals surface area contributed by atoms with Crippen LogP contribution in [-0.2, 0) is 9.59 Å². The zero-order valence-corrected chi connectivity index (χ0v) is 13.3. The van der Waals surface area contributed by atoms with Crippen molar-refractivity contribution >= 4 is 11.8 Å². The molecule has 0 radical (unpaired) electrons. The number of hydrogen-bond acceptors (Lipinski definition) is 3. The fourth-order valence-corrected chi connectivity index (χ4v) is 3.47. The molecule has 3 aliphatic rings. The van der Waals surface area contributed by atoms with Crippen LogP contribution in [0.5, 0.6) is 0 Å². The summed E-state index contributed by atoms with van der Waals surface area (Å²) < 4.78 is 0. The third-order valence-electron chi connectivity index (χ3n) is 5.43. The number of carbonyl (C=O) groups is 2. The molecule has 21 heavy (non-hydrogen) atoms. The van der Waals surface area contributed by atoms with Gasteiger partial charge in [-0.2, -0.15) is 0 Å². The van der Waals surface area contributed by atoms with E-state index < -0.39 is 5.41 Å². The molecule has 2 heterocycles. The monoisotopic (exact) mass is 293 g/mol. The molecule has 0 atom stereocenters. The van der Waals surface area contributed by atoms with Crippen molar-refractivity contribution in [3.05, 3.63) is 0 Å². The molecule has 3 fully saturated rings. The highest BCUT2D eigenvalue weighted by atomic mass is 16.2. The lowest BCUT2D eigenvalue weighted by Crippen LogP contribution is -2.53. The van der Waals surface area contributed by atoms with Gasteiger partial charge < -0.3 is 14.7 Å². The molecule has 0 spiro atoms. The van der Waals surface area contributed by atoms with Crippen LogP contribution in [0.25, 0.3) is 0 Å². The Morgan fingerprint density at radius 1 is 0.857 bits per heavy atom. The molecular formula is C16H27N3O2. The van der Waals surface area contributed by atoms with E-state index in [9.17, 15) is 9.59 Å². The van der Waals surface area contributed by atoms with Gasteiger partial charge in [0.15, 0.2) is 0 Å². The molecule has 1 aliphatic carbocycles. The Labute approximate surface area is 127 Å². The first-order valence-electron chi connectivity index (χ1n) is 8.30. The van der Waals surface area contributed by atoms with Gasteiger partial charge in [-0.1, -0.05) is 6.92 Å². The van der Waals surface area contributed by atoms with E-state index in [1.54, 1.807) is 0 Å². The van der Waals surface area contributed by atoms with Crippen LogP contribution in [0.15, 0.2) is 0 Å². The van der Waals surface area contributed by atoms with E-state index >= 15 is 0 Å². The predicted molar refractivity (Wildman–Crippen MR) is 80.7 cm³/mol. The number of hydrogen-bond donors (Lipinski definition) is 0. The molecule has 5 heteroatoms. The fraction of sp³-hybridized carbons (Fsp3) is 0.875. The highest BCUT2D eigenvalue weighted by Gasteiger charge is 2.59. The van der Waals surface area contributed by atoms with E-state index in [0.29, 0.717) is 5.92 Å². The summed E-state index contributed by atoms with van der Waals surface area (Å²) in [6.45, 7) is 7.26. The lowest BCUT2D eigenvalue weighted by Gasteiger charge is -2.37. The maximum absolute atomic E-state index is 12.8. The first-order chi connectivity index (χ1) is 10.0. The number of piperidine rings is 1. The van der Waals surface area contributed by atoms with E-state index in [2.05, 4.69) is 18.9 Å². The minimum atomic E-state index is -0.684. The molecule has 2 saturated heterocycles. The molecule has 0 unspecified atom stereocenters. The highest BCUT2D eigenvalue weighted by molar-refractivity contribution is 6.07. The van der Waals surface area contributed by atoms with Gasteiger partial charge in [0.05, 0.1) is 0 Å². The van der Waals surface area contributed by atoms with Gasteiger partial charge in [0.1, 0.15) is 5.41 Å². The summed E-state index contributed by atoms with van der Waals surface area (Å²) in [6.07, 6.45) is 3.65. The second-order valence-electron chi connectivity index (χ2n) is 7.15. The summed E-state index contributed by atoms with van der Waals surface area (Å²) in [4.78, 5) is 31.7. The molecule has 0 aromatic heterocycles. The highest BCUT2D eigenvalue weighted by Crippen LogP contribution is 2.49. The second-order valence-corrected chi connectivity index (χ2v) is 7.15. The van der Waals surface area contributed by atoms with Gasteiger partial charge in [0, 0.05) is 39.3 Å². The quantitative estimate of drug-likeness (QED) is 0.707. The van der Waals surface area contributed by atoms with Gasteiger partial charge >= 0.3 is 0 Å². The van der Waals surface area contributed by atoms with E-state index in [0.717, 1.165) is 65.0 Å². The standard InChI is InChI=1S/C16H27N3O2/c1-13-3-7-18(8-4-13)14(20)16(5-6-16)15(21)19-11-9-17(2)10-12-19/h13H,3-12H2,1-2H3. The van der Waals surface area contributed by atoms with Crippen LogP contribution in [0.1, 0.15) is 32.6 Å². The third kappa shape index (κ3) is 2.80. The molecule has 0 aromatic carbocycles. The Morgan fingerprint density at radius 3 is 1.81 bits per heavy atom. The zero-order chi connectivity index (χ0) is 15.0. The molecular weight excluding hydrogens is 266 g/mol. The van der Waals surface area contributed by atoms with Gasteiger partial charge in [-0.05, 0) is 38.6 Å². The van der Waals surface area contributed by atoms with E-state index in [1.165, 1.54) is 0 Å². The number of piperazine rings is 1. The Morgan fingerprint density at radius 2 is 1.33 bits per heavy atom. The first kappa shape index (κ1) is 14.8. The van der Waals surface area contributed by atoms with Crippen LogP contribution in [-0.4, -0.2) is 72.8 Å². The van der Waals surface area contributed by atoms with Crippen LogP contribution in [0.2, 0.25) is 0 Å². The van der Waals surface area contributed by atoms with Crippen LogP contribution in [0, 0.1) is 11.3 Å². The average molecular weight is 293 g/mol. The topological polar surface area (TPSA) is 43.9 Å². The molecule has 0 N–H and O–H groups in total. The van der Waals surface area contributed by atoms with Crippen molar-refractivity contribution in [1.29, 1.82) is 0 Å². The summed E-state index contributed by atoms with van der Waals surface area (Å²) in [5.41, 5.74) is -0.684. The number of rotatable bonds is 2. The van der Waals surface area contributed by atoms with Crippen LogP contribution < -0.4 is 0 Å². The van der Waals surface area contributed by atoms with Crippen molar-refractivity contribution in [2.45, 2.75) is 32.6 Å². The number of nitrogens with zero attached hydrogens (tertiary/aromatic N) is 3. The number of amides is 2. The molecule has 0 bridgehead atoms. The van der Waals surface area contributed by atoms with Gasteiger partial charge in [-0.15, -0.1) is 0 Å². The predicted octanol–water partition coefficient (Wildman–Crippen LogP) is 0.799. The Kier molecular flexibility index (Phi) is 3.95. The average Bonchev–Trinajstić information content (AvgIpc) is 3.29. The van der Waals surface area contributed by atoms with Gasteiger partial charge in [0.25, 0.3) is 0 Å². The first-order valence-corrected chi connectivity index (χ1v) is 8.30. The lowest BCUT2D eigenvalue weighted by atomic mass is 9.96. The number of carbonyl (C=O) groups excluding carboxylic acids is 2. The fourth-order valence-electron chi connectivity index (χ4n) is 3.47. The van der Waals surface area contributed by atoms with Gasteiger partial charge in [-0.3, -0.25) is 9.59 Å². The van der Waals surface area contributed by atoms with E-state index in [-0.39, 0.29) is 11.8 Å². The molecule has 3 rings (SSSR count). The smallest absolute Gasteiger partial charge is 0.238 e. The maximum Gasteiger partial charge on any atom is 0.238 e. The molecule has 2 amide bonds. The summed E-state index contributed by atoms with van der Waals surface area (Å²) in [5.74, 6) is 0.912. The van der Waals surface area contributed by atoms with Crippen molar-refractivity contribution in [3.8, 4) is 0 Å². The Hall–Kier alpha value is -1.10. The molecule has 118 valence electrons. The zero-order valence-electron chi connectivity index (χ0n) is 13.3. The maximum atomic E-state index is 12.8. The van der Waals surface area contributed by atoms with Crippen molar-refractivity contribution < 1.29 is 9.59 Å². The molecule has 1 saturated carbocycles. The van der Waals surface area contributed by atoms with Crippen molar-refractivity contribution in [2.75, 3.05) is 46.3 Å². The van der Waals surface area contributed by atoms with Crippen molar-refractivity contribution in [1.82, 2.24) is 14.7 Å². The minimum absolute atomic E-state index is 0.0965. The van der Waals surface area contributed by atoms with Gasteiger partial charge in [0.2, 0.25) is 11.8 Å². The number of likely N-dealkylation sites (N-methyl/N-ethyl adjacent to an activating group) is 1. The Balaban J connectivity index is 1.63. The molecule has 0 aromatic rings.